The summed E-state index contributed by atoms with van der Waals surface area (Å²) in [7, 11) is 1.86. The Labute approximate surface area is 107 Å². The van der Waals surface area contributed by atoms with Gasteiger partial charge in [0, 0.05) is 12.1 Å². The van der Waals surface area contributed by atoms with E-state index in [1.807, 2.05) is 7.05 Å². The molecule has 0 atom stereocenters. The van der Waals surface area contributed by atoms with Gasteiger partial charge in [-0.15, -0.1) is 12.4 Å². The maximum absolute atomic E-state index is 13.2. The van der Waals surface area contributed by atoms with Crippen LogP contribution in [0.15, 0.2) is 18.2 Å². The van der Waals surface area contributed by atoms with E-state index in [1.54, 1.807) is 19.1 Å². The Balaban J connectivity index is 0.00000256. The van der Waals surface area contributed by atoms with E-state index in [4.69, 9.17) is 0 Å². The zero-order valence-corrected chi connectivity index (χ0v) is 10.9. The summed E-state index contributed by atoms with van der Waals surface area (Å²) in [5.41, 5.74) is 0.916. The molecular formula is C12H18ClFN2O. The predicted molar refractivity (Wildman–Crippen MR) is 69.3 cm³/mol. The standard InChI is InChI=1S/C12H17FN2O.ClH/c1-9-4-5-10(8-11(9)13)12(16)15-7-3-6-14-2;/h4-5,8,14H,3,6-7H2,1-2H3,(H,15,16);1H. The van der Waals surface area contributed by atoms with E-state index >= 15 is 0 Å². The maximum atomic E-state index is 13.2. The fraction of sp³-hybridized carbons (Fsp3) is 0.417. The molecule has 0 aliphatic rings. The highest BCUT2D eigenvalue weighted by Gasteiger charge is 2.06. The molecule has 0 saturated heterocycles. The van der Waals surface area contributed by atoms with E-state index in [9.17, 15) is 9.18 Å². The first kappa shape index (κ1) is 15.9. The van der Waals surface area contributed by atoms with Crippen molar-refractivity contribution in [2.24, 2.45) is 0 Å². The number of carbonyl (C=O) groups excluding carboxylic acids is 1. The van der Waals surface area contributed by atoms with Crippen molar-refractivity contribution in [2.75, 3.05) is 20.1 Å². The molecule has 5 heteroatoms. The third-order valence-corrected chi connectivity index (χ3v) is 2.32. The van der Waals surface area contributed by atoms with E-state index in [0.29, 0.717) is 17.7 Å². The fourth-order valence-electron chi connectivity index (χ4n) is 1.30. The minimum atomic E-state index is -0.345. The number of carbonyl (C=O) groups is 1. The van der Waals surface area contributed by atoms with Gasteiger partial charge in [-0.2, -0.15) is 0 Å². The van der Waals surface area contributed by atoms with Crippen LogP contribution >= 0.6 is 12.4 Å². The van der Waals surface area contributed by atoms with Crippen LogP contribution in [0.5, 0.6) is 0 Å². The van der Waals surface area contributed by atoms with Crippen LogP contribution in [0.4, 0.5) is 4.39 Å². The normalized spacial score (nSPS) is 9.59. The van der Waals surface area contributed by atoms with Gasteiger partial charge in [0.1, 0.15) is 5.82 Å². The molecule has 0 unspecified atom stereocenters. The van der Waals surface area contributed by atoms with Crippen molar-refractivity contribution >= 4 is 18.3 Å². The van der Waals surface area contributed by atoms with Crippen LogP contribution < -0.4 is 10.6 Å². The molecule has 1 aromatic carbocycles. The van der Waals surface area contributed by atoms with Gasteiger partial charge in [-0.3, -0.25) is 4.79 Å². The van der Waals surface area contributed by atoms with Gasteiger partial charge < -0.3 is 10.6 Å². The Hall–Kier alpha value is -1.13. The van der Waals surface area contributed by atoms with Crippen molar-refractivity contribution in [3.63, 3.8) is 0 Å². The van der Waals surface area contributed by atoms with Gasteiger partial charge in [0.05, 0.1) is 0 Å². The topological polar surface area (TPSA) is 41.1 Å². The van der Waals surface area contributed by atoms with Gasteiger partial charge in [0.25, 0.3) is 5.91 Å². The molecule has 0 heterocycles. The Kier molecular flexibility index (Phi) is 7.50. The summed E-state index contributed by atoms with van der Waals surface area (Å²) >= 11 is 0. The summed E-state index contributed by atoms with van der Waals surface area (Å²) in [6.45, 7) is 3.11. The number of rotatable bonds is 5. The van der Waals surface area contributed by atoms with Crippen LogP contribution in [0, 0.1) is 12.7 Å². The van der Waals surface area contributed by atoms with Crippen LogP contribution in [-0.4, -0.2) is 26.0 Å². The molecule has 0 bridgehead atoms. The Bertz CT molecular complexity index is 372. The number of hydrogen-bond acceptors (Lipinski definition) is 2. The molecule has 1 amide bonds. The van der Waals surface area contributed by atoms with Crippen molar-refractivity contribution < 1.29 is 9.18 Å². The SMILES string of the molecule is CNCCCNC(=O)c1ccc(C)c(F)c1.Cl. The fourth-order valence-corrected chi connectivity index (χ4v) is 1.30. The third kappa shape index (κ3) is 5.15. The van der Waals surface area contributed by atoms with Crippen LogP contribution in [0.3, 0.4) is 0 Å². The lowest BCUT2D eigenvalue weighted by Gasteiger charge is -2.05. The number of hydrogen-bond donors (Lipinski definition) is 2. The molecule has 96 valence electrons. The largest absolute Gasteiger partial charge is 0.352 e. The average molecular weight is 261 g/mol. The zero-order valence-electron chi connectivity index (χ0n) is 10.0. The number of amides is 1. The van der Waals surface area contributed by atoms with E-state index in [2.05, 4.69) is 10.6 Å². The highest BCUT2D eigenvalue weighted by Crippen LogP contribution is 2.08. The van der Waals surface area contributed by atoms with Crippen molar-refractivity contribution in [3.05, 3.63) is 35.1 Å². The summed E-state index contributed by atoms with van der Waals surface area (Å²) in [6, 6.07) is 4.51. The van der Waals surface area contributed by atoms with Gasteiger partial charge in [-0.25, -0.2) is 4.39 Å². The molecule has 17 heavy (non-hydrogen) atoms. The first-order valence-corrected chi connectivity index (χ1v) is 5.34. The molecule has 0 radical (unpaired) electrons. The summed E-state index contributed by atoms with van der Waals surface area (Å²) in [5.74, 6) is -0.571. The van der Waals surface area contributed by atoms with Gasteiger partial charge in [0.2, 0.25) is 0 Å². The Morgan fingerprint density at radius 1 is 1.35 bits per heavy atom. The summed E-state index contributed by atoms with van der Waals surface area (Å²) in [4.78, 5) is 11.6. The lowest BCUT2D eigenvalue weighted by molar-refractivity contribution is 0.0953. The molecule has 0 aromatic heterocycles. The highest BCUT2D eigenvalue weighted by atomic mass is 35.5. The van der Waals surface area contributed by atoms with Crippen molar-refractivity contribution in [1.29, 1.82) is 0 Å². The van der Waals surface area contributed by atoms with Crippen LogP contribution in [0.2, 0.25) is 0 Å². The highest BCUT2D eigenvalue weighted by molar-refractivity contribution is 5.94. The number of aryl methyl sites for hydroxylation is 1. The molecule has 0 fully saturated rings. The Morgan fingerprint density at radius 3 is 2.65 bits per heavy atom. The van der Waals surface area contributed by atoms with E-state index in [1.165, 1.54) is 6.07 Å². The Morgan fingerprint density at radius 2 is 2.06 bits per heavy atom. The van der Waals surface area contributed by atoms with Gasteiger partial charge in [-0.1, -0.05) is 6.07 Å². The number of benzene rings is 1. The molecular weight excluding hydrogens is 243 g/mol. The maximum Gasteiger partial charge on any atom is 0.251 e. The van der Waals surface area contributed by atoms with E-state index in [0.717, 1.165) is 13.0 Å². The van der Waals surface area contributed by atoms with Crippen molar-refractivity contribution in [1.82, 2.24) is 10.6 Å². The molecule has 1 rings (SSSR count). The van der Waals surface area contributed by atoms with E-state index in [-0.39, 0.29) is 24.1 Å². The molecule has 0 saturated carbocycles. The van der Waals surface area contributed by atoms with Gasteiger partial charge in [0.15, 0.2) is 0 Å². The number of nitrogens with one attached hydrogen (secondary N) is 2. The zero-order chi connectivity index (χ0) is 12.0. The monoisotopic (exact) mass is 260 g/mol. The molecule has 0 spiro atoms. The summed E-state index contributed by atoms with van der Waals surface area (Å²) < 4.78 is 13.2. The predicted octanol–water partition coefficient (Wildman–Crippen LogP) is 1.90. The first-order valence-electron chi connectivity index (χ1n) is 5.34. The summed E-state index contributed by atoms with van der Waals surface area (Å²) in [6.07, 6.45) is 0.858. The van der Waals surface area contributed by atoms with Gasteiger partial charge in [-0.05, 0) is 44.6 Å². The molecule has 0 aliphatic heterocycles. The third-order valence-electron chi connectivity index (χ3n) is 2.32. The van der Waals surface area contributed by atoms with Crippen molar-refractivity contribution in [3.8, 4) is 0 Å². The second-order valence-corrected chi connectivity index (χ2v) is 3.68. The van der Waals surface area contributed by atoms with Gasteiger partial charge >= 0.3 is 0 Å². The van der Waals surface area contributed by atoms with Crippen LogP contribution in [-0.2, 0) is 0 Å². The number of halogens is 2. The lowest BCUT2D eigenvalue weighted by atomic mass is 10.1. The first-order chi connectivity index (χ1) is 7.65. The molecule has 1 aromatic rings. The second kappa shape index (κ2) is 8.03. The molecule has 0 aliphatic carbocycles. The minimum absolute atomic E-state index is 0. The van der Waals surface area contributed by atoms with E-state index < -0.39 is 0 Å². The average Bonchev–Trinajstić information content (AvgIpc) is 2.28. The van der Waals surface area contributed by atoms with Crippen molar-refractivity contribution in [2.45, 2.75) is 13.3 Å². The molecule has 3 nitrogen and oxygen atoms in total. The lowest BCUT2D eigenvalue weighted by Crippen LogP contribution is -2.26. The smallest absolute Gasteiger partial charge is 0.251 e. The van der Waals surface area contributed by atoms with Crippen LogP contribution in [0.25, 0.3) is 0 Å². The summed E-state index contributed by atoms with van der Waals surface area (Å²) in [5, 5.41) is 5.72. The van der Waals surface area contributed by atoms with Crippen LogP contribution in [0.1, 0.15) is 22.3 Å². The molecule has 2 N–H and O–H groups in total. The second-order valence-electron chi connectivity index (χ2n) is 3.68. The quantitative estimate of drug-likeness (QED) is 0.794. The minimum Gasteiger partial charge on any atom is -0.352 e.